The first-order valence-corrected chi connectivity index (χ1v) is 8.67. The second kappa shape index (κ2) is 7.61. The van der Waals surface area contributed by atoms with Gasteiger partial charge in [-0.05, 0) is 55.3 Å². The number of ether oxygens (including phenoxy) is 2. The Hall–Kier alpha value is -3.15. The maximum absolute atomic E-state index is 12.5. The minimum absolute atomic E-state index is 0.0910. The fourth-order valence-corrected chi connectivity index (χ4v) is 3.10. The second-order valence-corrected chi connectivity index (χ2v) is 6.56. The van der Waals surface area contributed by atoms with Crippen molar-refractivity contribution in [2.24, 2.45) is 5.92 Å². The van der Waals surface area contributed by atoms with Crippen LogP contribution in [0.5, 0.6) is 5.75 Å². The number of aryl methyl sites for hydroxylation is 1. The molecular weight excluding hydrogens is 346 g/mol. The smallest absolute Gasteiger partial charge is 0.337 e. The summed E-state index contributed by atoms with van der Waals surface area (Å²) in [6.07, 6.45) is 0.118. The molecule has 2 aromatic carbocycles. The molecule has 1 fully saturated rings. The van der Waals surface area contributed by atoms with Gasteiger partial charge in [-0.1, -0.05) is 12.1 Å². The monoisotopic (exact) mass is 367 g/mol. The predicted octanol–water partition coefficient (Wildman–Crippen LogP) is 3.05. The van der Waals surface area contributed by atoms with E-state index in [9.17, 15) is 14.4 Å². The lowest BCUT2D eigenvalue weighted by atomic mass is 10.1. The molecule has 1 atom stereocenters. The lowest BCUT2D eigenvalue weighted by molar-refractivity contribution is -0.139. The first-order chi connectivity index (χ1) is 12.9. The van der Waals surface area contributed by atoms with Gasteiger partial charge < -0.3 is 14.4 Å². The van der Waals surface area contributed by atoms with E-state index >= 15 is 0 Å². The normalized spacial score (nSPS) is 16.3. The van der Waals surface area contributed by atoms with E-state index in [0.717, 1.165) is 16.8 Å². The zero-order valence-corrected chi connectivity index (χ0v) is 15.5. The molecule has 1 saturated heterocycles. The molecule has 0 aromatic heterocycles. The van der Waals surface area contributed by atoms with Gasteiger partial charge in [0.25, 0.3) is 0 Å². The SMILES string of the molecule is COC(=O)c1ccc(OC(=O)[C@@H]2CC(=O)N(c3cccc(C)c3C)C2)cc1. The van der Waals surface area contributed by atoms with Gasteiger partial charge in [0.15, 0.2) is 0 Å². The minimum Gasteiger partial charge on any atom is -0.465 e. The van der Waals surface area contributed by atoms with Crippen LogP contribution in [0.1, 0.15) is 27.9 Å². The summed E-state index contributed by atoms with van der Waals surface area (Å²) in [7, 11) is 1.30. The van der Waals surface area contributed by atoms with Gasteiger partial charge in [0.1, 0.15) is 5.75 Å². The molecule has 0 N–H and O–H groups in total. The van der Waals surface area contributed by atoms with E-state index in [0.29, 0.717) is 17.9 Å². The molecule has 6 nitrogen and oxygen atoms in total. The zero-order valence-electron chi connectivity index (χ0n) is 15.5. The van der Waals surface area contributed by atoms with Crippen molar-refractivity contribution in [2.75, 3.05) is 18.6 Å². The molecule has 0 unspecified atom stereocenters. The summed E-state index contributed by atoms with van der Waals surface area (Å²) in [5, 5.41) is 0. The van der Waals surface area contributed by atoms with Gasteiger partial charge in [-0.2, -0.15) is 0 Å². The largest absolute Gasteiger partial charge is 0.465 e. The predicted molar refractivity (Wildman–Crippen MR) is 99.8 cm³/mol. The number of amides is 1. The van der Waals surface area contributed by atoms with Crippen molar-refractivity contribution in [1.29, 1.82) is 0 Å². The van der Waals surface area contributed by atoms with Crippen LogP contribution in [0.15, 0.2) is 42.5 Å². The molecule has 3 rings (SSSR count). The Morgan fingerprint density at radius 1 is 1.07 bits per heavy atom. The summed E-state index contributed by atoms with van der Waals surface area (Å²) < 4.78 is 10.0. The second-order valence-electron chi connectivity index (χ2n) is 6.56. The number of benzene rings is 2. The van der Waals surface area contributed by atoms with Crippen LogP contribution in [0, 0.1) is 19.8 Å². The lowest BCUT2D eigenvalue weighted by Gasteiger charge is -2.20. The van der Waals surface area contributed by atoms with Crippen molar-refractivity contribution in [1.82, 2.24) is 0 Å². The van der Waals surface area contributed by atoms with E-state index in [-0.39, 0.29) is 12.3 Å². The highest BCUT2D eigenvalue weighted by molar-refractivity contribution is 6.00. The number of esters is 2. The average molecular weight is 367 g/mol. The van der Waals surface area contributed by atoms with E-state index in [4.69, 9.17) is 4.74 Å². The van der Waals surface area contributed by atoms with Crippen LogP contribution in [-0.2, 0) is 14.3 Å². The number of methoxy groups -OCH3 is 1. The molecule has 1 aliphatic heterocycles. The zero-order chi connectivity index (χ0) is 19.6. The van der Waals surface area contributed by atoms with Crippen molar-refractivity contribution in [3.05, 3.63) is 59.2 Å². The van der Waals surface area contributed by atoms with Crippen molar-refractivity contribution >= 4 is 23.5 Å². The molecule has 6 heteroatoms. The van der Waals surface area contributed by atoms with Crippen LogP contribution in [0.2, 0.25) is 0 Å². The molecule has 2 aromatic rings. The van der Waals surface area contributed by atoms with Crippen molar-refractivity contribution < 1.29 is 23.9 Å². The first-order valence-electron chi connectivity index (χ1n) is 8.67. The topological polar surface area (TPSA) is 72.9 Å². The third-order valence-electron chi connectivity index (χ3n) is 4.82. The van der Waals surface area contributed by atoms with E-state index in [2.05, 4.69) is 4.74 Å². The van der Waals surface area contributed by atoms with Crippen LogP contribution in [-0.4, -0.2) is 31.5 Å². The van der Waals surface area contributed by atoms with Crippen LogP contribution >= 0.6 is 0 Å². The van der Waals surface area contributed by atoms with E-state index in [1.807, 2.05) is 32.0 Å². The Morgan fingerprint density at radius 2 is 1.78 bits per heavy atom. The van der Waals surface area contributed by atoms with Crippen molar-refractivity contribution in [3.63, 3.8) is 0 Å². The number of hydrogen-bond acceptors (Lipinski definition) is 5. The number of carbonyl (C=O) groups excluding carboxylic acids is 3. The number of carbonyl (C=O) groups is 3. The standard InChI is InChI=1S/C21H21NO5/c1-13-5-4-6-18(14(13)2)22-12-16(11-19(22)23)21(25)27-17-9-7-15(8-10-17)20(24)26-3/h4-10,16H,11-12H2,1-3H3/t16-/m1/s1. The molecule has 140 valence electrons. The Morgan fingerprint density at radius 3 is 2.44 bits per heavy atom. The average Bonchev–Trinajstić information content (AvgIpc) is 3.05. The van der Waals surface area contributed by atoms with Gasteiger partial charge in [-0.25, -0.2) is 4.79 Å². The summed E-state index contributed by atoms with van der Waals surface area (Å²) in [4.78, 5) is 38.0. The third-order valence-corrected chi connectivity index (χ3v) is 4.82. The fourth-order valence-electron chi connectivity index (χ4n) is 3.10. The molecule has 1 aliphatic rings. The van der Waals surface area contributed by atoms with Gasteiger partial charge in [-0.15, -0.1) is 0 Å². The minimum atomic E-state index is -0.530. The highest BCUT2D eigenvalue weighted by Gasteiger charge is 2.37. The Balaban J connectivity index is 1.69. The van der Waals surface area contributed by atoms with Crippen LogP contribution in [0.3, 0.4) is 0 Å². The maximum Gasteiger partial charge on any atom is 0.337 e. The molecule has 27 heavy (non-hydrogen) atoms. The summed E-state index contributed by atoms with van der Waals surface area (Å²) in [5.74, 6) is -1.21. The highest BCUT2D eigenvalue weighted by atomic mass is 16.5. The Bertz CT molecular complexity index is 888. The van der Waals surface area contributed by atoms with Gasteiger partial charge in [0.05, 0.1) is 18.6 Å². The number of nitrogens with zero attached hydrogens (tertiary/aromatic N) is 1. The van der Waals surface area contributed by atoms with E-state index < -0.39 is 17.9 Å². The van der Waals surface area contributed by atoms with Crippen LogP contribution < -0.4 is 9.64 Å². The third kappa shape index (κ3) is 3.84. The molecular formula is C21H21NO5. The molecule has 0 radical (unpaired) electrons. The number of anilines is 1. The van der Waals surface area contributed by atoms with Crippen LogP contribution in [0.4, 0.5) is 5.69 Å². The van der Waals surface area contributed by atoms with Crippen molar-refractivity contribution in [2.45, 2.75) is 20.3 Å². The fraction of sp³-hybridized carbons (Fsp3) is 0.286. The highest BCUT2D eigenvalue weighted by Crippen LogP contribution is 2.30. The summed E-state index contributed by atoms with van der Waals surface area (Å²) in [5.41, 5.74) is 3.32. The Kier molecular flexibility index (Phi) is 5.26. The van der Waals surface area contributed by atoms with E-state index in [1.54, 1.807) is 4.90 Å². The summed E-state index contributed by atoms with van der Waals surface area (Å²) in [6.45, 7) is 4.25. The summed E-state index contributed by atoms with van der Waals surface area (Å²) >= 11 is 0. The lowest BCUT2D eigenvalue weighted by Crippen LogP contribution is -2.28. The van der Waals surface area contributed by atoms with Crippen LogP contribution in [0.25, 0.3) is 0 Å². The maximum atomic E-state index is 12.5. The summed E-state index contributed by atoms with van der Waals surface area (Å²) in [6, 6.07) is 11.9. The molecule has 0 spiro atoms. The number of hydrogen-bond donors (Lipinski definition) is 0. The molecule has 0 bridgehead atoms. The quantitative estimate of drug-likeness (QED) is 0.613. The number of rotatable bonds is 4. The van der Waals surface area contributed by atoms with Gasteiger partial charge in [-0.3, -0.25) is 9.59 Å². The molecule has 1 heterocycles. The Labute approximate surface area is 157 Å². The van der Waals surface area contributed by atoms with E-state index in [1.165, 1.54) is 31.4 Å². The molecule has 1 amide bonds. The van der Waals surface area contributed by atoms with Gasteiger partial charge >= 0.3 is 11.9 Å². The van der Waals surface area contributed by atoms with Gasteiger partial charge in [0.2, 0.25) is 5.91 Å². The van der Waals surface area contributed by atoms with Gasteiger partial charge in [0, 0.05) is 18.7 Å². The molecule has 0 aliphatic carbocycles. The first kappa shape index (κ1) is 18.6. The molecule has 0 saturated carbocycles. The van der Waals surface area contributed by atoms with Crippen molar-refractivity contribution in [3.8, 4) is 5.75 Å².